The number of halogens is 1. The molecule has 0 radical (unpaired) electrons. The van der Waals surface area contributed by atoms with E-state index in [9.17, 15) is 22.4 Å². The fourth-order valence-electron chi connectivity index (χ4n) is 1.80. The number of carbonyl (C=O) groups excluding carboxylic acids is 2. The zero-order valence-corrected chi connectivity index (χ0v) is 14.0. The molecule has 25 heavy (non-hydrogen) atoms. The van der Waals surface area contributed by atoms with Crippen molar-refractivity contribution < 1.29 is 22.4 Å². The highest BCUT2D eigenvalue weighted by Gasteiger charge is 2.23. The van der Waals surface area contributed by atoms with Gasteiger partial charge in [0.2, 0.25) is 10.0 Å². The van der Waals surface area contributed by atoms with Gasteiger partial charge in [0, 0.05) is 13.2 Å². The Labute approximate surface area is 143 Å². The second-order valence-corrected chi connectivity index (χ2v) is 6.98. The van der Waals surface area contributed by atoms with Crippen LogP contribution in [-0.4, -0.2) is 43.1 Å². The number of aromatic nitrogens is 1. The molecule has 0 saturated carbocycles. The normalized spacial score (nSPS) is 11.2. The molecule has 2 N–H and O–H groups in total. The monoisotopic (exact) mass is 366 g/mol. The van der Waals surface area contributed by atoms with Gasteiger partial charge in [0.15, 0.2) is 0 Å². The molecule has 0 unspecified atom stereocenters. The molecule has 0 saturated heterocycles. The van der Waals surface area contributed by atoms with Gasteiger partial charge in [-0.25, -0.2) is 12.8 Å². The molecule has 0 aliphatic carbocycles. The summed E-state index contributed by atoms with van der Waals surface area (Å²) < 4.78 is 38.2. The highest BCUT2D eigenvalue weighted by Crippen LogP contribution is 2.14. The number of sulfonamides is 1. The molecule has 10 heteroatoms. The van der Waals surface area contributed by atoms with Crippen molar-refractivity contribution >= 4 is 21.8 Å². The Kier molecular flexibility index (Phi) is 5.78. The van der Waals surface area contributed by atoms with Crippen LogP contribution in [0.1, 0.15) is 10.5 Å². The first-order chi connectivity index (χ1) is 11.8. The number of amides is 2. The number of nitrogens with one attached hydrogen (secondary N) is 2. The van der Waals surface area contributed by atoms with Gasteiger partial charge in [-0.3, -0.25) is 25.4 Å². The molecule has 1 aromatic carbocycles. The average molecular weight is 366 g/mol. The molecule has 1 heterocycles. The maximum absolute atomic E-state index is 12.9. The number of carbonyl (C=O) groups is 2. The van der Waals surface area contributed by atoms with E-state index in [0.717, 1.165) is 28.6 Å². The average Bonchev–Trinajstić information content (AvgIpc) is 2.60. The summed E-state index contributed by atoms with van der Waals surface area (Å²) in [6.45, 7) is -0.539. The molecule has 0 atom stereocenters. The molecule has 2 amide bonds. The Morgan fingerprint density at radius 2 is 1.80 bits per heavy atom. The quantitative estimate of drug-likeness (QED) is 0.740. The van der Waals surface area contributed by atoms with Crippen molar-refractivity contribution in [3.63, 3.8) is 0 Å². The van der Waals surface area contributed by atoms with Crippen molar-refractivity contribution in [3.8, 4) is 0 Å². The summed E-state index contributed by atoms with van der Waals surface area (Å²) in [5.41, 5.74) is 4.32. The third-order valence-electron chi connectivity index (χ3n) is 3.10. The molecule has 132 valence electrons. The van der Waals surface area contributed by atoms with E-state index >= 15 is 0 Å². The number of hydrogen-bond acceptors (Lipinski definition) is 5. The first-order valence-electron chi connectivity index (χ1n) is 7.03. The molecule has 0 aliphatic rings. The van der Waals surface area contributed by atoms with Gasteiger partial charge < -0.3 is 0 Å². The van der Waals surface area contributed by atoms with Crippen LogP contribution in [0.4, 0.5) is 4.39 Å². The van der Waals surface area contributed by atoms with Crippen LogP contribution in [0, 0.1) is 5.82 Å². The summed E-state index contributed by atoms with van der Waals surface area (Å²) in [6, 6.07) is 8.90. The smallest absolute Gasteiger partial charge is 0.272 e. The van der Waals surface area contributed by atoms with Gasteiger partial charge in [0.25, 0.3) is 11.8 Å². The van der Waals surface area contributed by atoms with Crippen molar-refractivity contribution in [2.75, 3.05) is 13.6 Å². The summed E-state index contributed by atoms with van der Waals surface area (Å²) in [4.78, 5) is 27.2. The Morgan fingerprint density at radius 3 is 2.40 bits per heavy atom. The molecular weight excluding hydrogens is 351 g/mol. The van der Waals surface area contributed by atoms with E-state index in [1.54, 1.807) is 12.1 Å². The van der Waals surface area contributed by atoms with Crippen molar-refractivity contribution in [1.29, 1.82) is 0 Å². The predicted octanol–water partition coefficient (Wildman–Crippen LogP) is 0.302. The lowest BCUT2D eigenvalue weighted by atomic mass is 10.3. The van der Waals surface area contributed by atoms with Crippen molar-refractivity contribution in [2.24, 2.45) is 0 Å². The van der Waals surface area contributed by atoms with Crippen LogP contribution in [0.25, 0.3) is 0 Å². The highest BCUT2D eigenvalue weighted by molar-refractivity contribution is 7.89. The third-order valence-corrected chi connectivity index (χ3v) is 4.92. The fraction of sp³-hybridized carbons (Fsp3) is 0.133. The van der Waals surface area contributed by atoms with Crippen molar-refractivity contribution in [2.45, 2.75) is 4.90 Å². The third kappa shape index (κ3) is 4.81. The Hall–Kier alpha value is -2.85. The van der Waals surface area contributed by atoms with Crippen LogP contribution in [0.15, 0.2) is 53.6 Å². The van der Waals surface area contributed by atoms with E-state index in [1.165, 1.54) is 19.3 Å². The zero-order chi connectivity index (χ0) is 18.4. The minimum Gasteiger partial charge on any atom is -0.272 e. The zero-order valence-electron chi connectivity index (χ0n) is 13.1. The Bertz CT molecular complexity index is 857. The largest absolute Gasteiger partial charge is 0.288 e. The van der Waals surface area contributed by atoms with Crippen LogP contribution >= 0.6 is 0 Å². The minimum absolute atomic E-state index is 0.0927. The van der Waals surface area contributed by atoms with E-state index < -0.39 is 34.2 Å². The van der Waals surface area contributed by atoms with E-state index in [0.29, 0.717) is 0 Å². The van der Waals surface area contributed by atoms with E-state index in [2.05, 4.69) is 15.8 Å². The Morgan fingerprint density at radius 1 is 1.12 bits per heavy atom. The highest BCUT2D eigenvalue weighted by atomic mass is 32.2. The predicted molar refractivity (Wildman–Crippen MR) is 86.1 cm³/mol. The first-order valence-corrected chi connectivity index (χ1v) is 8.47. The summed E-state index contributed by atoms with van der Waals surface area (Å²) in [6.07, 6.45) is 1.42. The van der Waals surface area contributed by atoms with Crippen LogP contribution in [0.2, 0.25) is 0 Å². The molecule has 0 aliphatic heterocycles. The number of hydrazine groups is 1. The molecule has 0 spiro atoms. The van der Waals surface area contributed by atoms with Crippen LogP contribution < -0.4 is 10.9 Å². The van der Waals surface area contributed by atoms with Gasteiger partial charge in [0.05, 0.1) is 11.4 Å². The minimum atomic E-state index is -3.96. The summed E-state index contributed by atoms with van der Waals surface area (Å²) in [5, 5.41) is 0. The molecule has 0 bridgehead atoms. The number of hydrogen-bond donors (Lipinski definition) is 2. The lowest BCUT2D eigenvalue weighted by molar-refractivity contribution is -0.121. The van der Waals surface area contributed by atoms with Gasteiger partial charge in [0.1, 0.15) is 11.5 Å². The second kappa shape index (κ2) is 7.81. The number of pyridine rings is 1. The van der Waals surface area contributed by atoms with Gasteiger partial charge >= 0.3 is 0 Å². The summed E-state index contributed by atoms with van der Waals surface area (Å²) >= 11 is 0. The van der Waals surface area contributed by atoms with Crippen LogP contribution in [0.3, 0.4) is 0 Å². The number of benzene rings is 1. The molecule has 1 aromatic heterocycles. The standard InChI is InChI=1S/C15H15FN4O4S/c1-20(25(23,24)12-7-5-11(16)6-8-12)10-14(21)18-19-15(22)13-4-2-3-9-17-13/h2-9H,10H2,1H3,(H,18,21)(H,19,22). The number of nitrogens with zero attached hydrogens (tertiary/aromatic N) is 2. The second-order valence-electron chi connectivity index (χ2n) is 4.93. The molecule has 8 nitrogen and oxygen atoms in total. The maximum atomic E-state index is 12.9. The molecule has 2 rings (SSSR count). The van der Waals surface area contributed by atoms with Gasteiger partial charge in [-0.05, 0) is 36.4 Å². The lowest BCUT2D eigenvalue weighted by Gasteiger charge is -2.17. The summed E-state index contributed by atoms with van der Waals surface area (Å²) in [7, 11) is -2.77. The fourth-order valence-corrected chi connectivity index (χ4v) is 2.93. The van der Waals surface area contributed by atoms with Gasteiger partial charge in [-0.1, -0.05) is 6.07 Å². The number of rotatable bonds is 5. The van der Waals surface area contributed by atoms with Gasteiger partial charge in [-0.15, -0.1) is 0 Å². The summed E-state index contributed by atoms with van der Waals surface area (Å²) in [5.74, 6) is -1.97. The van der Waals surface area contributed by atoms with Crippen molar-refractivity contribution in [3.05, 3.63) is 60.2 Å². The van der Waals surface area contributed by atoms with Gasteiger partial charge in [-0.2, -0.15) is 4.31 Å². The molecule has 2 aromatic rings. The van der Waals surface area contributed by atoms with Crippen molar-refractivity contribution in [1.82, 2.24) is 20.1 Å². The molecular formula is C15H15FN4O4S. The SMILES string of the molecule is CN(CC(=O)NNC(=O)c1ccccn1)S(=O)(=O)c1ccc(F)cc1. The first kappa shape index (κ1) is 18.5. The lowest BCUT2D eigenvalue weighted by Crippen LogP contribution is -2.46. The molecule has 0 fully saturated rings. The Balaban J connectivity index is 1.93. The van der Waals surface area contributed by atoms with E-state index in [-0.39, 0.29) is 10.6 Å². The number of likely N-dealkylation sites (N-methyl/N-ethyl adjacent to an activating group) is 1. The van der Waals surface area contributed by atoms with E-state index in [4.69, 9.17) is 0 Å². The topological polar surface area (TPSA) is 108 Å². The maximum Gasteiger partial charge on any atom is 0.288 e. The van der Waals surface area contributed by atoms with E-state index in [1.807, 2.05) is 0 Å². The van der Waals surface area contributed by atoms with Crippen LogP contribution in [0.5, 0.6) is 0 Å². The van der Waals surface area contributed by atoms with Crippen LogP contribution in [-0.2, 0) is 14.8 Å².